The fourth-order valence-electron chi connectivity index (χ4n) is 2.31. The minimum Gasteiger partial charge on any atom is -0.497 e. The molecule has 0 aromatic heterocycles. The predicted octanol–water partition coefficient (Wildman–Crippen LogP) is 2.65. The third kappa shape index (κ3) is 5.11. The van der Waals surface area contributed by atoms with Crippen molar-refractivity contribution in [1.29, 1.82) is 0 Å². The van der Waals surface area contributed by atoms with Gasteiger partial charge in [0.05, 0.1) is 13.7 Å². The maximum Gasteiger partial charge on any atom is 0.220 e. The predicted molar refractivity (Wildman–Crippen MR) is 90.3 cm³/mol. The van der Waals surface area contributed by atoms with Gasteiger partial charge in [-0.3, -0.25) is 4.79 Å². The topological polar surface area (TPSA) is 58.6 Å². The molecule has 4 nitrogen and oxygen atoms in total. The third-order valence-electron chi connectivity index (χ3n) is 3.83. The summed E-state index contributed by atoms with van der Waals surface area (Å²) in [6.45, 7) is 1.89. The Labute approximate surface area is 137 Å². The van der Waals surface area contributed by atoms with E-state index in [-0.39, 0.29) is 12.5 Å². The van der Waals surface area contributed by atoms with Gasteiger partial charge in [0.2, 0.25) is 5.91 Å². The van der Waals surface area contributed by atoms with Crippen molar-refractivity contribution in [2.75, 3.05) is 13.7 Å². The summed E-state index contributed by atoms with van der Waals surface area (Å²) in [5.41, 5.74) is 0.794. The van der Waals surface area contributed by atoms with E-state index in [0.29, 0.717) is 12.8 Å². The molecule has 1 amide bonds. The van der Waals surface area contributed by atoms with E-state index in [1.807, 2.05) is 54.6 Å². The second kappa shape index (κ2) is 7.79. The number of rotatable bonds is 7. The van der Waals surface area contributed by atoms with Crippen LogP contribution in [0.1, 0.15) is 24.5 Å². The van der Waals surface area contributed by atoms with Crippen molar-refractivity contribution in [3.63, 3.8) is 0 Å². The molecule has 0 radical (unpaired) electrons. The molecule has 2 N–H and O–H groups in total. The summed E-state index contributed by atoms with van der Waals surface area (Å²) in [6, 6.07) is 17.0. The number of ether oxygens (including phenoxy) is 1. The van der Waals surface area contributed by atoms with Gasteiger partial charge in [0.25, 0.3) is 0 Å². The number of carbonyl (C=O) groups is 1. The molecule has 1 unspecified atom stereocenters. The first kappa shape index (κ1) is 17.0. The summed E-state index contributed by atoms with van der Waals surface area (Å²) in [5.74, 6) is 0.731. The average Bonchev–Trinajstić information content (AvgIpc) is 2.59. The quantitative estimate of drug-likeness (QED) is 0.826. The monoisotopic (exact) mass is 313 g/mol. The number of methoxy groups -OCH3 is 1. The second-order valence-electron chi connectivity index (χ2n) is 5.76. The molecule has 0 fully saturated rings. The van der Waals surface area contributed by atoms with Crippen molar-refractivity contribution < 1.29 is 14.6 Å². The van der Waals surface area contributed by atoms with Gasteiger partial charge in [-0.25, -0.2) is 0 Å². The highest BCUT2D eigenvalue weighted by atomic mass is 16.5. The molecule has 4 heteroatoms. The van der Waals surface area contributed by atoms with Crippen LogP contribution in [-0.4, -0.2) is 24.7 Å². The molecule has 122 valence electrons. The zero-order chi connectivity index (χ0) is 16.7. The lowest BCUT2D eigenvalue weighted by atomic mass is 9.96. The van der Waals surface area contributed by atoms with Crippen molar-refractivity contribution in [3.05, 3.63) is 65.7 Å². The normalized spacial score (nSPS) is 13.2. The average molecular weight is 313 g/mol. The molecule has 23 heavy (non-hydrogen) atoms. The highest BCUT2D eigenvalue weighted by Gasteiger charge is 2.23. The largest absolute Gasteiger partial charge is 0.497 e. The van der Waals surface area contributed by atoms with Crippen molar-refractivity contribution >= 4 is 5.91 Å². The second-order valence-corrected chi connectivity index (χ2v) is 5.76. The molecule has 0 spiro atoms. The molecule has 0 heterocycles. The first-order chi connectivity index (χ1) is 11.0. The summed E-state index contributed by atoms with van der Waals surface area (Å²) in [7, 11) is 1.63. The summed E-state index contributed by atoms with van der Waals surface area (Å²) in [4.78, 5) is 12.0. The van der Waals surface area contributed by atoms with Crippen molar-refractivity contribution in [3.8, 4) is 5.75 Å². The Kier molecular flexibility index (Phi) is 5.77. The van der Waals surface area contributed by atoms with E-state index in [4.69, 9.17) is 4.74 Å². The van der Waals surface area contributed by atoms with E-state index in [9.17, 15) is 9.90 Å². The van der Waals surface area contributed by atoms with Crippen LogP contribution < -0.4 is 10.1 Å². The van der Waals surface area contributed by atoms with E-state index >= 15 is 0 Å². The SMILES string of the molecule is COc1ccc(CCC(=O)NCC(C)(O)c2ccccc2)cc1. The number of carbonyl (C=O) groups excluding carboxylic acids is 1. The van der Waals surface area contributed by atoms with Crippen molar-refractivity contribution in [2.45, 2.75) is 25.4 Å². The van der Waals surface area contributed by atoms with Crippen LogP contribution in [0.25, 0.3) is 0 Å². The highest BCUT2D eigenvalue weighted by molar-refractivity contribution is 5.76. The Morgan fingerprint density at radius 1 is 1.13 bits per heavy atom. The molecular weight excluding hydrogens is 290 g/mol. The van der Waals surface area contributed by atoms with Gasteiger partial charge in [-0.05, 0) is 36.6 Å². The van der Waals surface area contributed by atoms with E-state index < -0.39 is 5.60 Å². The summed E-state index contributed by atoms with van der Waals surface area (Å²) >= 11 is 0. The van der Waals surface area contributed by atoms with Crippen LogP contribution in [0, 0.1) is 0 Å². The van der Waals surface area contributed by atoms with Crippen LogP contribution in [0.15, 0.2) is 54.6 Å². The Bertz CT molecular complexity index is 621. The van der Waals surface area contributed by atoms with Gasteiger partial charge in [-0.1, -0.05) is 42.5 Å². The van der Waals surface area contributed by atoms with Crippen molar-refractivity contribution in [1.82, 2.24) is 5.32 Å². The van der Waals surface area contributed by atoms with Crippen LogP contribution in [-0.2, 0) is 16.8 Å². The van der Waals surface area contributed by atoms with E-state index in [0.717, 1.165) is 16.9 Å². The molecule has 0 saturated carbocycles. The van der Waals surface area contributed by atoms with Gasteiger partial charge in [-0.15, -0.1) is 0 Å². The Balaban J connectivity index is 1.80. The molecule has 2 rings (SSSR count). The lowest BCUT2D eigenvalue weighted by Gasteiger charge is -2.24. The Morgan fingerprint density at radius 3 is 2.39 bits per heavy atom. The Hall–Kier alpha value is -2.33. The molecule has 0 aliphatic heterocycles. The van der Waals surface area contributed by atoms with E-state index in [1.54, 1.807) is 14.0 Å². The highest BCUT2D eigenvalue weighted by Crippen LogP contribution is 2.19. The number of hydrogen-bond donors (Lipinski definition) is 2. The fraction of sp³-hybridized carbons (Fsp3) is 0.316. The number of aryl methyl sites for hydroxylation is 1. The molecule has 2 aromatic rings. The van der Waals surface area contributed by atoms with E-state index in [2.05, 4.69) is 5.32 Å². The summed E-state index contributed by atoms with van der Waals surface area (Å²) < 4.78 is 5.11. The van der Waals surface area contributed by atoms with Gasteiger partial charge >= 0.3 is 0 Å². The molecular formula is C19H23NO3. The smallest absolute Gasteiger partial charge is 0.220 e. The summed E-state index contributed by atoms with van der Waals surface area (Å²) in [6.07, 6.45) is 1.04. The van der Waals surface area contributed by atoms with Crippen LogP contribution >= 0.6 is 0 Å². The number of nitrogens with one attached hydrogen (secondary N) is 1. The first-order valence-corrected chi connectivity index (χ1v) is 7.69. The first-order valence-electron chi connectivity index (χ1n) is 7.69. The third-order valence-corrected chi connectivity index (χ3v) is 3.83. The number of hydrogen-bond acceptors (Lipinski definition) is 3. The van der Waals surface area contributed by atoms with Gasteiger partial charge < -0.3 is 15.2 Å². The molecule has 0 bridgehead atoms. The van der Waals surface area contributed by atoms with E-state index in [1.165, 1.54) is 0 Å². The molecule has 0 saturated heterocycles. The Morgan fingerprint density at radius 2 is 1.78 bits per heavy atom. The van der Waals surface area contributed by atoms with Crippen LogP contribution in [0.3, 0.4) is 0 Å². The fourth-order valence-corrected chi connectivity index (χ4v) is 2.31. The standard InChI is InChI=1S/C19H23NO3/c1-19(22,16-6-4-3-5-7-16)14-20-18(21)13-10-15-8-11-17(23-2)12-9-15/h3-9,11-12,22H,10,13-14H2,1-2H3,(H,20,21). The molecule has 0 aliphatic rings. The number of aliphatic hydroxyl groups is 1. The lowest BCUT2D eigenvalue weighted by molar-refractivity contribution is -0.122. The van der Waals surface area contributed by atoms with Gasteiger partial charge in [0, 0.05) is 6.42 Å². The minimum absolute atomic E-state index is 0.0722. The summed E-state index contributed by atoms with van der Waals surface area (Å²) in [5, 5.41) is 13.2. The van der Waals surface area contributed by atoms with Gasteiger partial charge in [-0.2, -0.15) is 0 Å². The van der Waals surface area contributed by atoms with Crippen molar-refractivity contribution in [2.24, 2.45) is 0 Å². The zero-order valence-electron chi connectivity index (χ0n) is 13.6. The number of amides is 1. The van der Waals surface area contributed by atoms with Crippen LogP contribution in [0.2, 0.25) is 0 Å². The number of benzene rings is 2. The molecule has 1 atom stereocenters. The van der Waals surface area contributed by atoms with Gasteiger partial charge in [0.1, 0.15) is 11.4 Å². The molecule has 0 aliphatic carbocycles. The zero-order valence-corrected chi connectivity index (χ0v) is 13.6. The minimum atomic E-state index is -1.07. The lowest BCUT2D eigenvalue weighted by Crippen LogP contribution is -2.38. The maximum atomic E-state index is 12.0. The van der Waals surface area contributed by atoms with Crippen LogP contribution in [0.5, 0.6) is 5.75 Å². The maximum absolute atomic E-state index is 12.0. The van der Waals surface area contributed by atoms with Gasteiger partial charge in [0.15, 0.2) is 0 Å². The molecule has 2 aromatic carbocycles. The van der Waals surface area contributed by atoms with Crippen LogP contribution in [0.4, 0.5) is 0 Å².